The number of aromatic hydroxyl groups is 1. The van der Waals surface area contributed by atoms with E-state index in [4.69, 9.17) is 4.74 Å². The van der Waals surface area contributed by atoms with E-state index in [0.717, 1.165) is 23.1 Å². The minimum atomic E-state index is -0.225. The van der Waals surface area contributed by atoms with Gasteiger partial charge < -0.3 is 14.8 Å². The molecule has 1 aromatic heterocycles. The van der Waals surface area contributed by atoms with Crippen molar-refractivity contribution < 1.29 is 14.6 Å². The van der Waals surface area contributed by atoms with Gasteiger partial charge in [0.1, 0.15) is 0 Å². The predicted octanol–water partition coefficient (Wildman–Crippen LogP) is 2.19. The second-order valence-electron chi connectivity index (χ2n) is 5.30. The van der Waals surface area contributed by atoms with Gasteiger partial charge in [-0.1, -0.05) is 12.1 Å². The highest BCUT2D eigenvalue weighted by atomic mass is 16.5. The molecule has 1 aromatic carbocycles. The van der Waals surface area contributed by atoms with E-state index >= 15 is 0 Å². The van der Waals surface area contributed by atoms with E-state index in [1.807, 2.05) is 11.0 Å². The first-order valence-electron chi connectivity index (χ1n) is 7.20. The van der Waals surface area contributed by atoms with Crippen LogP contribution in [0.15, 0.2) is 17.3 Å². The number of aromatic nitrogens is 1. The molecule has 1 aliphatic rings. The van der Waals surface area contributed by atoms with Crippen LogP contribution in [0, 0.1) is 4.91 Å². The third kappa shape index (κ3) is 2.43. The standard InChI is InChI=1S/C15H17N3O4/c1-2-22-12(19)8-18-6-5-10-9(7-18)3-4-11-13(10)16-15(20)14(11)17-21/h3-4,16,20H,2,5-8H2,1H3. The number of esters is 1. The van der Waals surface area contributed by atoms with E-state index in [1.165, 1.54) is 0 Å². The Morgan fingerprint density at radius 2 is 2.32 bits per heavy atom. The van der Waals surface area contributed by atoms with Crippen LogP contribution >= 0.6 is 0 Å². The smallest absolute Gasteiger partial charge is 0.320 e. The number of carbonyl (C=O) groups is 1. The van der Waals surface area contributed by atoms with Gasteiger partial charge >= 0.3 is 5.97 Å². The normalized spacial score (nSPS) is 14.8. The molecule has 0 amide bonds. The Labute approximate surface area is 126 Å². The van der Waals surface area contributed by atoms with Gasteiger partial charge in [0.2, 0.25) is 5.88 Å². The quantitative estimate of drug-likeness (QED) is 0.667. The zero-order valence-electron chi connectivity index (χ0n) is 12.3. The fraction of sp³-hybridized carbons (Fsp3) is 0.400. The van der Waals surface area contributed by atoms with Crippen molar-refractivity contribution in [3.05, 3.63) is 28.2 Å². The molecule has 22 heavy (non-hydrogen) atoms. The lowest BCUT2D eigenvalue weighted by Crippen LogP contribution is -2.35. The zero-order valence-corrected chi connectivity index (χ0v) is 12.3. The van der Waals surface area contributed by atoms with Crippen LogP contribution in [-0.4, -0.2) is 40.7 Å². The Bertz CT molecular complexity index is 738. The number of hydrogen-bond acceptors (Lipinski definition) is 6. The van der Waals surface area contributed by atoms with Crippen molar-refractivity contribution in [3.63, 3.8) is 0 Å². The predicted molar refractivity (Wildman–Crippen MR) is 81.0 cm³/mol. The van der Waals surface area contributed by atoms with Crippen LogP contribution in [0.5, 0.6) is 5.88 Å². The summed E-state index contributed by atoms with van der Waals surface area (Å²) in [6.07, 6.45) is 0.727. The molecule has 0 atom stereocenters. The van der Waals surface area contributed by atoms with Crippen LogP contribution in [-0.2, 0) is 22.5 Å². The monoisotopic (exact) mass is 303 g/mol. The maximum atomic E-state index is 11.6. The summed E-state index contributed by atoms with van der Waals surface area (Å²) in [6, 6.07) is 3.69. The largest absolute Gasteiger partial charge is 0.493 e. The number of H-pyrrole nitrogens is 1. The van der Waals surface area contributed by atoms with Gasteiger partial charge in [0.05, 0.1) is 18.7 Å². The molecule has 2 aromatic rings. The van der Waals surface area contributed by atoms with E-state index in [2.05, 4.69) is 10.2 Å². The maximum absolute atomic E-state index is 11.6. The van der Waals surface area contributed by atoms with Crippen LogP contribution in [0.1, 0.15) is 18.1 Å². The summed E-state index contributed by atoms with van der Waals surface area (Å²) < 4.78 is 4.97. The van der Waals surface area contributed by atoms with Crippen molar-refractivity contribution in [1.29, 1.82) is 0 Å². The van der Waals surface area contributed by atoms with E-state index in [1.54, 1.807) is 13.0 Å². The molecule has 0 saturated heterocycles. The fourth-order valence-electron chi connectivity index (χ4n) is 2.98. The van der Waals surface area contributed by atoms with Crippen molar-refractivity contribution in [2.45, 2.75) is 19.9 Å². The number of nitrogens with one attached hydrogen (secondary N) is 1. The lowest BCUT2D eigenvalue weighted by Gasteiger charge is -2.28. The molecular formula is C15H17N3O4. The number of hydrogen-bond donors (Lipinski definition) is 2. The van der Waals surface area contributed by atoms with Gasteiger partial charge in [0, 0.05) is 18.5 Å². The van der Waals surface area contributed by atoms with Crippen LogP contribution < -0.4 is 0 Å². The summed E-state index contributed by atoms with van der Waals surface area (Å²) in [4.78, 5) is 27.2. The summed E-state index contributed by atoms with van der Waals surface area (Å²) in [5.74, 6) is -0.427. The Morgan fingerprint density at radius 3 is 3.05 bits per heavy atom. The van der Waals surface area contributed by atoms with Gasteiger partial charge in [-0.25, -0.2) is 0 Å². The second kappa shape index (κ2) is 5.76. The second-order valence-corrected chi connectivity index (χ2v) is 5.30. The average Bonchev–Trinajstić information content (AvgIpc) is 2.82. The minimum Gasteiger partial charge on any atom is -0.493 e. The first-order chi connectivity index (χ1) is 10.6. The first kappa shape index (κ1) is 14.5. The molecule has 7 heteroatoms. The third-order valence-corrected chi connectivity index (χ3v) is 3.95. The maximum Gasteiger partial charge on any atom is 0.320 e. The summed E-state index contributed by atoms with van der Waals surface area (Å²) in [5, 5.41) is 13.3. The zero-order chi connectivity index (χ0) is 15.7. The molecule has 0 aliphatic carbocycles. The molecule has 3 rings (SSSR count). The molecule has 1 aliphatic heterocycles. The number of fused-ring (bicyclic) bond motifs is 3. The summed E-state index contributed by atoms with van der Waals surface area (Å²) >= 11 is 0. The summed E-state index contributed by atoms with van der Waals surface area (Å²) in [6.45, 7) is 3.79. The molecule has 0 fully saturated rings. The lowest BCUT2D eigenvalue weighted by atomic mass is 9.97. The van der Waals surface area contributed by atoms with Gasteiger partial charge in [-0.2, -0.15) is 0 Å². The molecule has 0 spiro atoms. The van der Waals surface area contributed by atoms with Crippen molar-refractivity contribution in [2.75, 3.05) is 19.7 Å². The number of benzene rings is 1. The van der Waals surface area contributed by atoms with Crippen molar-refractivity contribution in [2.24, 2.45) is 5.18 Å². The van der Waals surface area contributed by atoms with Gasteiger partial charge in [0.25, 0.3) is 0 Å². The molecule has 2 heterocycles. The first-order valence-corrected chi connectivity index (χ1v) is 7.20. The van der Waals surface area contributed by atoms with E-state index < -0.39 is 0 Å². The Morgan fingerprint density at radius 1 is 1.50 bits per heavy atom. The van der Waals surface area contributed by atoms with E-state index in [-0.39, 0.29) is 24.1 Å². The molecule has 116 valence electrons. The highest BCUT2D eigenvalue weighted by Crippen LogP contribution is 2.38. The molecule has 0 bridgehead atoms. The molecule has 2 N–H and O–H groups in total. The SMILES string of the molecule is CCOC(=O)CN1CCc2c(ccc3c(N=O)c(O)[nH]c23)C1. The van der Waals surface area contributed by atoms with Crippen molar-refractivity contribution >= 4 is 22.6 Å². The number of nitrogens with zero attached hydrogens (tertiary/aromatic N) is 2. The van der Waals surface area contributed by atoms with Crippen LogP contribution in [0.2, 0.25) is 0 Å². The molecule has 0 radical (unpaired) electrons. The molecule has 0 saturated carbocycles. The molecule has 0 unspecified atom stereocenters. The highest BCUT2D eigenvalue weighted by molar-refractivity contribution is 5.96. The van der Waals surface area contributed by atoms with Gasteiger partial charge in [-0.15, -0.1) is 4.91 Å². The third-order valence-electron chi connectivity index (χ3n) is 3.95. The van der Waals surface area contributed by atoms with Crippen LogP contribution in [0.4, 0.5) is 5.69 Å². The van der Waals surface area contributed by atoms with Crippen molar-refractivity contribution in [3.8, 4) is 5.88 Å². The van der Waals surface area contributed by atoms with E-state index in [9.17, 15) is 14.8 Å². The Balaban J connectivity index is 1.88. The Kier molecular flexibility index (Phi) is 3.81. The number of nitroso groups, excluding NO2 is 1. The molecule has 7 nitrogen and oxygen atoms in total. The van der Waals surface area contributed by atoms with Crippen LogP contribution in [0.25, 0.3) is 10.9 Å². The lowest BCUT2D eigenvalue weighted by molar-refractivity contribution is -0.144. The fourth-order valence-corrected chi connectivity index (χ4v) is 2.98. The minimum absolute atomic E-state index is 0.0479. The van der Waals surface area contributed by atoms with Gasteiger partial charge in [-0.05, 0) is 29.6 Å². The summed E-state index contributed by atoms with van der Waals surface area (Å²) in [7, 11) is 0. The number of ether oxygens (including phenoxy) is 1. The summed E-state index contributed by atoms with van der Waals surface area (Å²) in [5.41, 5.74) is 2.93. The van der Waals surface area contributed by atoms with Crippen LogP contribution in [0.3, 0.4) is 0 Å². The highest BCUT2D eigenvalue weighted by Gasteiger charge is 2.23. The number of rotatable bonds is 4. The van der Waals surface area contributed by atoms with Crippen molar-refractivity contribution in [1.82, 2.24) is 9.88 Å². The number of aromatic amines is 1. The molecular weight excluding hydrogens is 286 g/mol. The van der Waals surface area contributed by atoms with E-state index in [0.29, 0.717) is 25.1 Å². The topological polar surface area (TPSA) is 95.0 Å². The number of carbonyl (C=O) groups excluding carboxylic acids is 1. The average molecular weight is 303 g/mol. The van der Waals surface area contributed by atoms with Gasteiger partial charge in [0.15, 0.2) is 5.69 Å². The van der Waals surface area contributed by atoms with Gasteiger partial charge in [-0.3, -0.25) is 9.69 Å². The Hall–Kier alpha value is -2.41.